The summed E-state index contributed by atoms with van der Waals surface area (Å²) < 4.78 is 25.8. The predicted molar refractivity (Wildman–Crippen MR) is 171 cm³/mol. The molecule has 0 saturated carbocycles. The number of carbonyl (C=O) groups is 2. The Hall–Kier alpha value is -5.77. The lowest BCUT2D eigenvalue weighted by Crippen LogP contribution is -2.26. The van der Waals surface area contributed by atoms with E-state index in [0.29, 0.717) is 34.0 Å². The number of ketones is 1. The summed E-state index contributed by atoms with van der Waals surface area (Å²) in [6.07, 6.45) is 4.50. The minimum atomic E-state index is -0.498. The van der Waals surface area contributed by atoms with E-state index in [2.05, 4.69) is 10.3 Å². The van der Waals surface area contributed by atoms with Crippen LogP contribution in [0.2, 0.25) is 0 Å². The molecule has 0 unspecified atom stereocenters. The molecule has 3 N–H and O–H groups in total. The second kappa shape index (κ2) is 13.3. The number of nitrogen functional groups attached to an aromatic ring is 1. The quantitative estimate of drug-likeness (QED) is 0.211. The third-order valence-corrected chi connectivity index (χ3v) is 7.40. The van der Waals surface area contributed by atoms with Crippen molar-refractivity contribution in [3.8, 4) is 44.9 Å². The first kappa shape index (κ1) is 30.7. The third kappa shape index (κ3) is 6.75. The molecule has 3 aromatic carbocycles. The van der Waals surface area contributed by atoms with Crippen LogP contribution in [0.5, 0.6) is 11.5 Å². The summed E-state index contributed by atoms with van der Waals surface area (Å²) in [5, 5.41) is 2.53. The third-order valence-electron chi connectivity index (χ3n) is 7.40. The number of rotatable bonds is 10. The largest absolute Gasteiger partial charge is 0.493 e. The minimum Gasteiger partial charge on any atom is -0.493 e. The number of pyridine rings is 2. The normalized spacial score (nSPS) is 10.8. The number of aromatic nitrogens is 2. The van der Waals surface area contributed by atoms with E-state index in [1.165, 1.54) is 48.3 Å². The molecule has 0 aliphatic rings. The van der Waals surface area contributed by atoms with E-state index in [-0.39, 0.29) is 30.0 Å². The molecule has 1 amide bonds. The van der Waals surface area contributed by atoms with E-state index in [1.54, 1.807) is 32.5 Å². The number of carbonyl (C=O) groups excluding carboxylic acids is 2. The molecule has 10 heteroatoms. The molecule has 0 bridgehead atoms. The molecular formula is C35H31FN4O5. The monoisotopic (exact) mass is 606 g/mol. The molecule has 0 aliphatic heterocycles. The molecule has 9 nitrogen and oxygen atoms in total. The maximum atomic E-state index is 13.6. The van der Waals surface area contributed by atoms with Crippen molar-refractivity contribution in [2.75, 3.05) is 27.0 Å². The van der Waals surface area contributed by atoms with Gasteiger partial charge in [-0.3, -0.25) is 14.4 Å². The van der Waals surface area contributed by atoms with Gasteiger partial charge in [0.25, 0.3) is 0 Å². The van der Waals surface area contributed by atoms with Crippen LogP contribution in [-0.4, -0.2) is 42.5 Å². The standard InChI is InChI=1S/C35H31FN4O5/c1-38-33(42)20-40-18-28(23-8-11-26(36)12-9-23)34(43)29(19-40)30(41)14-21-4-6-22(7-5-21)27-15-25(17-39-35(27)37)24-10-13-31(44-2)32(16-24)45-3/h4-13,15-19H,14,20H2,1-3H3,(H2,37,39)(H,38,42). The zero-order valence-corrected chi connectivity index (χ0v) is 25.0. The van der Waals surface area contributed by atoms with Crippen LogP contribution in [0.1, 0.15) is 15.9 Å². The summed E-state index contributed by atoms with van der Waals surface area (Å²) in [7, 11) is 4.65. The average molecular weight is 607 g/mol. The van der Waals surface area contributed by atoms with Gasteiger partial charge in [-0.1, -0.05) is 42.5 Å². The Morgan fingerprint density at radius 2 is 1.49 bits per heavy atom. The second-order valence-electron chi connectivity index (χ2n) is 10.3. The zero-order chi connectivity index (χ0) is 32.1. The van der Waals surface area contributed by atoms with Gasteiger partial charge in [-0.25, -0.2) is 9.37 Å². The maximum Gasteiger partial charge on any atom is 0.239 e. The van der Waals surface area contributed by atoms with E-state index in [0.717, 1.165) is 16.7 Å². The van der Waals surface area contributed by atoms with E-state index in [1.807, 2.05) is 36.4 Å². The molecule has 5 rings (SSSR count). The number of hydrogen-bond donors (Lipinski definition) is 2. The summed E-state index contributed by atoms with van der Waals surface area (Å²) in [6, 6.07) is 20.2. The zero-order valence-electron chi connectivity index (χ0n) is 25.0. The van der Waals surface area contributed by atoms with Crippen LogP contribution in [0, 0.1) is 5.82 Å². The van der Waals surface area contributed by atoms with E-state index >= 15 is 0 Å². The number of halogens is 1. The first-order valence-electron chi connectivity index (χ1n) is 14.0. The van der Waals surface area contributed by atoms with Gasteiger partial charge in [0, 0.05) is 48.7 Å². The number of methoxy groups -OCH3 is 2. The van der Waals surface area contributed by atoms with Crippen LogP contribution in [0.25, 0.3) is 33.4 Å². The van der Waals surface area contributed by atoms with Crippen molar-refractivity contribution < 1.29 is 23.5 Å². The summed E-state index contributed by atoms with van der Waals surface area (Å²) in [5.41, 5.74) is 10.2. The molecule has 228 valence electrons. The lowest BCUT2D eigenvalue weighted by atomic mass is 9.97. The lowest BCUT2D eigenvalue weighted by Gasteiger charge is -2.13. The fraction of sp³-hybridized carbons (Fsp3) is 0.143. The molecule has 0 atom stereocenters. The van der Waals surface area contributed by atoms with Crippen molar-refractivity contribution in [1.82, 2.24) is 14.9 Å². The highest BCUT2D eigenvalue weighted by atomic mass is 19.1. The van der Waals surface area contributed by atoms with Gasteiger partial charge in [-0.05, 0) is 52.6 Å². The number of benzene rings is 3. The van der Waals surface area contributed by atoms with Crippen LogP contribution < -0.4 is 26.0 Å². The van der Waals surface area contributed by atoms with Crippen LogP contribution in [0.4, 0.5) is 10.2 Å². The van der Waals surface area contributed by atoms with Crippen LogP contribution in [0.15, 0.2) is 96.2 Å². The first-order valence-corrected chi connectivity index (χ1v) is 14.0. The predicted octanol–water partition coefficient (Wildman–Crippen LogP) is 5.15. The van der Waals surface area contributed by atoms with Crippen LogP contribution >= 0.6 is 0 Å². The Kier molecular flexibility index (Phi) is 9.04. The first-order chi connectivity index (χ1) is 21.7. The Labute approximate surface area is 259 Å². The van der Waals surface area contributed by atoms with Gasteiger partial charge < -0.3 is 25.1 Å². The minimum absolute atomic E-state index is 0.0538. The average Bonchev–Trinajstić information content (AvgIpc) is 3.06. The van der Waals surface area contributed by atoms with E-state index in [9.17, 15) is 18.8 Å². The summed E-state index contributed by atoms with van der Waals surface area (Å²) in [5.74, 6) is 0.372. The van der Waals surface area contributed by atoms with Crippen molar-refractivity contribution in [3.05, 3.63) is 119 Å². The molecule has 0 aliphatic carbocycles. The Bertz CT molecular complexity index is 1940. The molecule has 45 heavy (non-hydrogen) atoms. The van der Waals surface area contributed by atoms with E-state index in [4.69, 9.17) is 15.2 Å². The Balaban J connectivity index is 1.42. The number of ether oxygens (including phenoxy) is 2. The molecule has 5 aromatic rings. The number of likely N-dealkylation sites (N-methyl/N-ethyl adjacent to an activating group) is 1. The van der Waals surface area contributed by atoms with Crippen LogP contribution in [-0.2, 0) is 17.8 Å². The highest BCUT2D eigenvalue weighted by Crippen LogP contribution is 2.35. The van der Waals surface area contributed by atoms with Crippen molar-refractivity contribution in [2.45, 2.75) is 13.0 Å². The summed E-state index contributed by atoms with van der Waals surface area (Å²) >= 11 is 0. The number of hydrogen-bond acceptors (Lipinski definition) is 7. The smallest absolute Gasteiger partial charge is 0.239 e. The van der Waals surface area contributed by atoms with Crippen LogP contribution in [0.3, 0.4) is 0 Å². The number of amides is 1. The lowest BCUT2D eigenvalue weighted by molar-refractivity contribution is -0.121. The fourth-order valence-electron chi connectivity index (χ4n) is 4.96. The molecule has 0 saturated heterocycles. The molecular weight excluding hydrogens is 575 g/mol. The van der Waals surface area contributed by atoms with Crippen molar-refractivity contribution in [3.63, 3.8) is 0 Å². The summed E-state index contributed by atoms with van der Waals surface area (Å²) in [6.45, 7) is -0.0994. The number of nitrogens with one attached hydrogen (secondary N) is 1. The molecule has 0 radical (unpaired) electrons. The van der Waals surface area contributed by atoms with Gasteiger partial charge >= 0.3 is 0 Å². The highest BCUT2D eigenvalue weighted by molar-refractivity contribution is 5.98. The number of Topliss-reactive ketones (excluding diaryl/α,β-unsaturated/α-hetero) is 1. The maximum absolute atomic E-state index is 13.6. The fourth-order valence-corrected chi connectivity index (χ4v) is 4.96. The van der Waals surface area contributed by atoms with Gasteiger partial charge in [-0.15, -0.1) is 0 Å². The van der Waals surface area contributed by atoms with E-state index < -0.39 is 17.0 Å². The van der Waals surface area contributed by atoms with Gasteiger partial charge in [0.2, 0.25) is 5.91 Å². The number of nitrogens with zero attached hydrogens (tertiary/aromatic N) is 2. The molecule has 2 aromatic heterocycles. The second-order valence-corrected chi connectivity index (χ2v) is 10.3. The summed E-state index contributed by atoms with van der Waals surface area (Å²) in [4.78, 5) is 43.4. The van der Waals surface area contributed by atoms with Gasteiger partial charge in [-0.2, -0.15) is 0 Å². The Morgan fingerprint density at radius 3 is 2.16 bits per heavy atom. The SMILES string of the molecule is CNC(=O)Cn1cc(C(=O)Cc2ccc(-c3cc(-c4ccc(OC)c(OC)c4)cnc3N)cc2)c(=O)c(-c2ccc(F)cc2)c1. The van der Waals surface area contributed by atoms with Gasteiger partial charge in [0.1, 0.15) is 18.2 Å². The molecule has 0 fully saturated rings. The number of nitrogens with two attached hydrogens (primary N) is 1. The van der Waals surface area contributed by atoms with Gasteiger partial charge in [0.15, 0.2) is 22.7 Å². The Morgan fingerprint density at radius 1 is 0.844 bits per heavy atom. The highest BCUT2D eigenvalue weighted by Gasteiger charge is 2.18. The molecule has 2 heterocycles. The molecule has 0 spiro atoms. The number of anilines is 1. The van der Waals surface area contributed by atoms with Crippen molar-refractivity contribution >= 4 is 17.5 Å². The van der Waals surface area contributed by atoms with Crippen molar-refractivity contribution in [2.24, 2.45) is 0 Å². The topological polar surface area (TPSA) is 126 Å². The van der Waals surface area contributed by atoms with Crippen molar-refractivity contribution in [1.29, 1.82) is 0 Å². The van der Waals surface area contributed by atoms with Gasteiger partial charge in [0.05, 0.1) is 19.8 Å².